The van der Waals surface area contributed by atoms with Crippen molar-refractivity contribution in [2.24, 2.45) is 0 Å². The number of nitro benzene ring substituents is 1. The van der Waals surface area contributed by atoms with Crippen LogP contribution in [-0.2, 0) is 4.79 Å². The van der Waals surface area contributed by atoms with Crippen molar-refractivity contribution in [2.75, 3.05) is 26.2 Å². The summed E-state index contributed by atoms with van der Waals surface area (Å²) in [5.41, 5.74) is 2.78. The summed E-state index contributed by atoms with van der Waals surface area (Å²) in [6.45, 7) is 3.97. The van der Waals surface area contributed by atoms with Gasteiger partial charge in [-0.15, -0.1) is 0 Å². The molecule has 2 aromatic carbocycles. The number of nitro groups is 1. The average molecular weight is 422 g/mol. The van der Waals surface area contributed by atoms with Crippen LogP contribution in [0.2, 0.25) is 0 Å². The molecule has 1 atom stereocenters. The van der Waals surface area contributed by atoms with E-state index in [1.54, 1.807) is 17.0 Å². The predicted molar refractivity (Wildman–Crippen MR) is 120 cm³/mol. The van der Waals surface area contributed by atoms with Crippen LogP contribution < -0.4 is 10.2 Å². The van der Waals surface area contributed by atoms with Crippen LogP contribution in [0.15, 0.2) is 54.7 Å². The van der Waals surface area contributed by atoms with Gasteiger partial charge in [0.25, 0.3) is 5.69 Å². The molecule has 0 radical (unpaired) electrons. The topological polar surface area (TPSA) is 92.5 Å². The highest BCUT2D eigenvalue weighted by atomic mass is 16.6. The molecule has 7 nitrogen and oxygen atoms in total. The van der Waals surface area contributed by atoms with Crippen LogP contribution in [-0.4, -0.2) is 42.0 Å². The zero-order valence-corrected chi connectivity index (χ0v) is 17.6. The smallest absolute Gasteiger partial charge is 0.269 e. The monoisotopic (exact) mass is 421 g/mol. The van der Waals surface area contributed by atoms with Crippen molar-refractivity contribution < 1.29 is 14.6 Å². The molecule has 31 heavy (non-hydrogen) atoms. The second kappa shape index (κ2) is 9.75. The van der Waals surface area contributed by atoms with Gasteiger partial charge in [-0.1, -0.05) is 30.3 Å². The van der Waals surface area contributed by atoms with Crippen molar-refractivity contribution in [3.63, 3.8) is 0 Å². The van der Waals surface area contributed by atoms with Gasteiger partial charge in [0.05, 0.1) is 31.1 Å². The number of amides is 1. The molecule has 2 heterocycles. The number of aromatic nitrogens is 1. The SMILES string of the molecule is O=C(C[C@@H](c1cccc([N+](=O)[O-])c1)c1c[nH]c2ccccc12)NCC[NH+]1CCCCC1. The van der Waals surface area contributed by atoms with Crippen molar-refractivity contribution in [1.82, 2.24) is 10.3 Å². The third kappa shape index (κ3) is 5.11. The normalized spacial score (nSPS) is 15.6. The lowest BCUT2D eigenvalue weighted by molar-refractivity contribution is -0.903. The molecular weight excluding hydrogens is 392 g/mol. The van der Waals surface area contributed by atoms with E-state index in [0.717, 1.165) is 28.6 Å². The van der Waals surface area contributed by atoms with E-state index >= 15 is 0 Å². The molecule has 1 aliphatic rings. The molecule has 162 valence electrons. The zero-order chi connectivity index (χ0) is 21.6. The van der Waals surface area contributed by atoms with Crippen LogP contribution in [0.3, 0.4) is 0 Å². The first-order chi connectivity index (χ1) is 15.1. The van der Waals surface area contributed by atoms with Crippen LogP contribution in [0.25, 0.3) is 10.9 Å². The molecule has 1 amide bonds. The Bertz CT molecular complexity index is 1060. The van der Waals surface area contributed by atoms with E-state index in [-0.39, 0.29) is 23.9 Å². The van der Waals surface area contributed by atoms with E-state index in [4.69, 9.17) is 0 Å². The molecule has 1 aromatic heterocycles. The van der Waals surface area contributed by atoms with Gasteiger partial charge in [0.1, 0.15) is 0 Å². The van der Waals surface area contributed by atoms with Crippen LogP contribution in [0.5, 0.6) is 0 Å². The third-order valence-electron chi connectivity index (χ3n) is 6.23. The number of piperidine rings is 1. The molecule has 3 N–H and O–H groups in total. The number of hydrogen-bond acceptors (Lipinski definition) is 3. The number of hydrogen-bond donors (Lipinski definition) is 3. The van der Waals surface area contributed by atoms with E-state index in [0.29, 0.717) is 6.54 Å². The van der Waals surface area contributed by atoms with Gasteiger partial charge in [-0.2, -0.15) is 0 Å². The number of carbonyl (C=O) groups excluding carboxylic acids is 1. The summed E-state index contributed by atoms with van der Waals surface area (Å²) in [6.07, 6.45) is 6.00. The maximum absolute atomic E-state index is 12.9. The predicted octanol–water partition coefficient (Wildman–Crippen LogP) is 2.78. The molecule has 7 heteroatoms. The first-order valence-corrected chi connectivity index (χ1v) is 11.0. The van der Waals surface area contributed by atoms with Crippen LogP contribution in [0, 0.1) is 10.1 Å². The van der Waals surface area contributed by atoms with Crippen LogP contribution in [0.1, 0.15) is 42.7 Å². The summed E-state index contributed by atoms with van der Waals surface area (Å²) in [4.78, 5) is 28.6. The molecule has 0 unspecified atom stereocenters. The van der Waals surface area contributed by atoms with Gasteiger partial charge >= 0.3 is 0 Å². The van der Waals surface area contributed by atoms with E-state index in [1.165, 1.54) is 38.4 Å². The Balaban J connectivity index is 1.53. The summed E-state index contributed by atoms with van der Waals surface area (Å²) in [7, 11) is 0. The van der Waals surface area contributed by atoms with E-state index in [1.807, 2.05) is 36.5 Å². The lowest BCUT2D eigenvalue weighted by Crippen LogP contribution is -3.13. The lowest BCUT2D eigenvalue weighted by atomic mass is 9.87. The van der Waals surface area contributed by atoms with Gasteiger partial charge in [-0.25, -0.2) is 0 Å². The van der Waals surface area contributed by atoms with Crippen molar-refractivity contribution in [2.45, 2.75) is 31.6 Å². The van der Waals surface area contributed by atoms with Crippen LogP contribution in [0.4, 0.5) is 5.69 Å². The number of benzene rings is 2. The van der Waals surface area contributed by atoms with Crippen LogP contribution >= 0.6 is 0 Å². The number of rotatable bonds is 8. The Morgan fingerprint density at radius 3 is 2.74 bits per heavy atom. The first kappa shape index (κ1) is 21.1. The van der Waals surface area contributed by atoms with E-state index in [2.05, 4.69) is 10.3 Å². The number of aromatic amines is 1. The molecule has 0 spiro atoms. The van der Waals surface area contributed by atoms with Gasteiger partial charge in [-0.3, -0.25) is 14.9 Å². The van der Waals surface area contributed by atoms with Gasteiger partial charge in [0.2, 0.25) is 5.91 Å². The number of para-hydroxylation sites is 1. The quantitative estimate of drug-likeness (QED) is 0.386. The van der Waals surface area contributed by atoms with E-state index < -0.39 is 4.92 Å². The van der Waals surface area contributed by atoms with E-state index in [9.17, 15) is 14.9 Å². The highest BCUT2D eigenvalue weighted by Gasteiger charge is 2.23. The second-order valence-corrected chi connectivity index (χ2v) is 8.31. The van der Waals surface area contributed by atoms with Gasteiger partial charge in [-0.05, 0) is 36.5 Å². The number of fused-ring (bicyclic) bond motifs is 1. The second-order valence-electron chi connectivity index (χ2n) is 8.31. The molecule has 1 aliphatic heterocycles. The maximum atomic E-state index is 12.9. The lowest BCUT2D eigenvalue weighted by Gasteiger charge is -2.23. The Morgan fingerprint density at radius 1 is 1.13 bits per heavy atom. The number of carbonyl (C=O) groups is 1. The average Bonchev–Trinajstić information content (AvgIpc) is 3.22. The fraction of sp³-hybridized carbons (Fsp3) is 0.375. The fourth-order valence-corrected chi connectivity index (χ4v) is 4.58. The minimum absolute atomic E-state index is 0.0294. The van der Waals surface area contributed by atoms with Crippen molar-refractivity contribution >= 4 is 22.5 Å². The van der Waals surface area contributed by atoms with Gasteiger partial charge < -0.3 is 15.2 Å². The summed E-state index contributed by atoms with van der Waals surface area (Å²) >= 11 is 0. The number of nitrogens with one attached hydrogen (secondary N) is 3. The maximum Gasteiger partial charge on any atom is 0.269 e. The van der Waals surface area contributed by atoms with Crippen molar-refractivity contribution in [3.8, 4) is 0 Å². The minimum atomic E-state index is -0.392. The zero-order valence-electron chi connectivity index (χ0n) is 17.6. The number of non-ortho nitro benzene ring substituents is 1. The van der Waals surface area contributed by atoms with Gasteiger partial charge in [0.15, 0.2) is 0 Å². The van der Waals surface area contributed by atoms with Crippen molar-refractivity contribution in [3.05, 3.63) is 76.0 Å². The summed E-state index contributed by atoms with van der Waals surface area (Å²) < 4.78 is 0. The molecule has 0 saturated carbocycles. The molecular formula is C24H29N4O3+. The van der Waals surface area contributed by atoms with Gasteiger partial charge in [0, 0.05) is 41.6 Å². The number of nitrogens with zero attached hydrogens (tertiary/aromatic N) is 1. The summed E-state index contributed by atoms with van der Waals surface area (Å²) in [5.74, 6) is -0.295. The Kier molecular flexibility index (Phi) is 6.62. The fourth-order valence-electron chi connectivity index (χ4n) is 4.58. The molecule has 0 bridgehead atoms. The van der Waals surface area contributed by atoms with Crippen molar-refractivity contribution in [1.29, 1.82) is 0 Å². The Labute approximate surface area is 181 Å². The molecule has 3 aromatic rings. The Hall–Kier alpha value is -3.19. The highest BCUT2D eigenvalue weighted by molar-refractivity contribution is 5.86. The molecule has 4 rings (SSSR count). The molecule has 0 aliphatic carbocycles. The first-order valence-electron chi connectivity index (χ1n) is 11.0. The number of H-pyrrole nitrogens is 1. The highest BCUT2D eigenvalue weighted by Crippen LogP contribution is 2.34. The Morgan fingerprint density at radius 2 is 1.94 bits per heavy atom. The largest absolute Gasteiger partial charge is 0.361 e. The standard InChI is InChI=1S/C24H28N4O3/c29-24(25-11-14-27-12-4-1-5-13-27)16-21(18-7-6-8-19(15-18)28(30)31)22-17-26-23-10-3-2-9-20(22)23/h2-3,6-10,15,17,21,26H,1,4-5,11-14,16H2,(H,25,29)/p+1/t21-/m0/s1. The molecule has 1 fully saturated rings. The number of likely N-dealkylation sites (tertiary alicyclic amines) is 1. The minimum Gasteiger partial charge on any atom is -0.361 e. The third-order valence-corrected chi connectivity index (χ3v) is 6.23. The molecule has 1 saturated heterocycles. The summed E-state index contributed by atoms with van der Waals surface area (Å²) in [5, 5.41) is 15.4. The number of quaternary nitrogens is 1. The summed E-state index contributed by atoms with van der Waals surface area (Å²) in [6, 6.07) is 14.5.